The molecule has 3 N–H and O–H groups in total. The van der Waals surface area contributed by atoms with E-state index in [0.717, 1.165) is 36.7 Å². The lowest BCUT2D eigenvalue weighted by molar-refractivity contribution is -0.192. The van der Waals surface area contributed by atoms with Crippen molar-refractivity contribution in [3.8, 4) is 0 Å². The number of aromatic nitrogens is 2. The molecule has 15 heteroatoms. The highest BCUT2D eigenvalue weighted by Gasteiger charge is 2.38. The molecule has 0 spiro atoms. The predicted octanol–water partition coefficient (Wildman–Crippen LogP) is 4.24. The van der Waals surface area contributed by atoms with E-state index in [1.807, 2.05) is 6.07 Å². The number of carboxylic acids is 1. The van der Waals surface area contributed by atoms with Crippen LogP contribution < -0.4 is 10.0 Å². The van der Waals surface area contributed by atoms with Gasteiger partial charge >= 0.3 is 12.1 Å². The summed E-state index contributed by atoms with van der Waals surface area (Å²) < 4.78 is 77.5. The summed E-state index contributed by atoms with van der Waals surface area (Å²) in [5.41, 5.74) is 2.93. The molecule has 0 atom stereocenters. The molecule has 3 aromatic rings. The Bertz CT molecular complexity index is 1330. The maximum Gasteiger partial charge on any atom is 0.490 e. The van der Waals surface area contributed by atoms with Crippen molar-refractivity contribution < 1.29 is 35.9 Å². The van der Waals surface area contributed by atoms with Crippen molar-refractivity contribution >= 4 is 39.0 Å². The van der Waals surface area contributed by atoms with Crippen molar-refractivity contribution in [3.05, 3.63) is 64.4 Å². The highest BCUT2D eigenvalue weighted by atomic mass is 32.2. The number of alkyl halides is 3. The molecule has 37 heavy (non-hydrogen) atoms. The van der Waals surface area contributed by atoms with Crippen LogP contribution in [-0.2, 0) is 27.9 Å². The minimum atomic E-state index is -5.08. The van der Waals surface area contributed by atoms with Gasteiger partial charge in [-0.15, -0.1) is 0 Å². The van der Waals surface area contributed by atoms with Crippen LogP contribution in [0, 0.1) is 12.7 Å². The first kappa shape index (κ1) is 28.3. The largest absolute Gasteiger partial charge is 0.490 e. The fourth-order valence-electron chi connectivity index (χ4n) is 3.23. The van der Waals surface area contributed by atoms with E-state index in [-0.39, 0.29) is 16.7 Å². The Morgan fingerprint density at radius 2 is 1.95 bits per heavy atom. The van der Waals surface area contributed by atoms with Gasteiger partial charge in [0.05, 0.1) is 11.9 Å². The number of benzene rings is 1. The second-order valence-corrected chi connectivity index (χ2v) is 10.3. The third kappa shape index (κ3) is 7.84. The van der Waals surface area contributed by atoms with E-state index in [2.05, 4.69) is 24.3 Å². The number of aryl methyl sites for hydroxylation is 1. The number of carboxylic acid groups (broad SMARTS) is 1. The fraction of sp³-hybridized carbons (Fsp3) is 0.318. The zero-order chi connectivity index (χ0) is 27.2. The van der Waals surface area contributed by atoms with Crippen molar-refractivity contribution in [2.45, 2.75) is 37.6 Å². The molecule has 3 heterocycles. The smallest absolute Gasteiger partial charge is 0.475 e. The van der Waals surface area contributed by atoms with Crippen molar-refractivity contribution in [2.24, 2.45) is 0 Å². The monoisotopic (exact) mass is 561 g/mol. The standard InChI is InChI=1S/C20H22FN5O2S2.C2HF3O2/c1-14-10-20(30(27,28)25-19-6-9-29-24-19)23-12-18(14)22-11-16-15(4-2-5-17(16)21)13-26-7-3-8-26;3-2(4,5)1(6)7/h2,4-6,9-10,12,22H,3,7-8,11,13H2,1H3,(H,24,25);(H,6,7). The first-order valence-electron chi connectivity index (χ1n) is 10.8. The molecule has 4 rings (SSSR count). The van der Waals surface area contributed by atoms with Crippen molar-refractivity contribution in [1.29, 1.82) is 0 Å². The van der Waals surface area contributed by atoms with Crippen LogP contribution >= 0.6 is 11.5 Å². The summed E-state index contributed by atoms with van der Waals surface area (Å²) in [6.07, 6.45) is -2.44. The predicted molar refractivity (Wildman–Crippen MR) is 129 cm³/mol. The Morgan fingerprint density at radius 3 is 2.49 bits per heavy atom. The van der Waals surface area contributed by atoms with Gasteiger partial charge in [-0.1, -0.05) is 12.1 Å². The van der Waals surface area contributed by atoms with Gasteiger partial charge in [0.25, 0.3) is 10.0 Å². The molecular weight excluding hydrogens is 538 g/mol. The molecule has 200 valence electrons. The van der Waals surface area contributed by atoms with E-state index in [4.69, 9.17) is 9.90 Å². The SMILES string of the molecule is Cc1cc(S(=O)(=O)Nc2ccsn2)ncc1NCc1c(F)cccc1CN1CCC1.O=C(O)C(F)(F)F. The van der Waals surface area contributed by atoms with Crippen LogP contribution in [0.25, 0.3) is 0 Å². The van der Waals surface area contributed by atoms with E-state index >= 15 is 0 Å². The zero-order valence-electron chi connectivity index (χ0n) is 19.4. The van der Waals surface area contributed by atoms with Crippen molar-refractivity contribution in [1.82, 2.24) is 14.3 Å². The Labute approximate surface area is 214 Å². The van der Waals surface area contributed by atoms with E-state index in [9.17, 15) is 26.0 Å². The maximum absolute atomic E-state index is 14.5. The Kier molecular flexibility index (Phi) is 9.04. The Morgan fingerprint density at radius 1 is 1.24 bits per heavy atom. The maximum atomic E-state index is 14.5. The highest BCUT2D eigenvalue weighted by molar-refractivity contribution is 7.92. The summed E-state index contributed by atoms with van der Waals surface area (Å²) in [5, 5.41) is 11.9. The van der Waals surface area contributed by atoms with Crippen LogP contribution in [0.15, 0.2) is 46.9 Å². The van der Waals surface area contributed by atoms with Crippen molar-refractivity contribution in [3.63, 3.8) is 0 Å². The van der Waals surface area contributed by atoms with Gasteiger partial charge in [-0.3, -0.25) is 9.62 Å². The number of hydrogen-bond donors (Lipinski definition) is 3. The molecule has 1 saturated heterocycles. The number of rotatable bonds is 8. The summed E-state index contributed by atoms with van der Waals surface area (Å²) in [5.74, 6) is -2.75. The van der Waals surface area contributed by atoms with E-state index < -0.39 is 22.2 Å². The molecule has 0 radical (unpaired) electrons. The third-order valence-electron chi connectivity index (χ3n) is 5.29. The van der Waals surface area contributed by atoms with Gasteiger partial charge in [0, 0.05) is 24.0 Å². The molecule has 0 amide bonds. The minimum absolute atomic E-state index is 0.0945. The molecule has 0 saturated carbocycles. The number of nitrogens with zero attached hydrogens (tertiary/aromatic N) is 3. The average Bonchev–Trinajstić information content (AvgIpc) is 3.28. The minimum Gasteiger partial charge on any atom is -0.475 e. The number of sulfonamides is 1. The summed E-state index contributed by atoms with van der Waals surface area (Å²) in [4.78, 5) is 15.3. The summed E-state index contributed by atoms with van der Waals surface area (Å²) in [6, 6.07) is 8.21. The molecular formula is C22H23F4N5O4S2. The van der Waals surface area contributed by atoms with Gasteiger partial charge in [-0.05, 0) is 67.3 Å². The third-order valence-corrected chi connectivity index (χ3v) is 7.11. The van der Waals surface area contributed by atoms with E-state index in [0.29, 0.717) is 23.4 Å². The molecule has 1 aromatic carbocycles. The van der Waals surface area contributed by atoms with E-state index in [1.54, 1.807) is 24.4 Å². The Balaban J connectivity index is 0.000000479. The number of pyridine rings is 1. The lowest BCUT2D eigenvalue weighted by Crippen LogP contribution is -2.36. The average molecular weight is 562 g/mol. The summed E-state index contributed by atoms with van der Waals surface area (Å²) >= 11 is 1.16. The molecule has 0 bridgehead atoms. The number of nitrogens with one attached hydrogen (secondary N) is 2. The lowest BCUT2D eigenvalue weighted by Gasteiger charge is -2.31. The van der Waals surface area contributed by atoms with Gasteiger partial charge in [0.2, 0.25) is 0 Å². The number of carbonyl (C=O) groups is 1. The molecule has 1 aliphatic heterocycles. The number of halogens is 4. The van der Waals surface area contributed by atoms with Gasteiger partial charge in [-0.2, -0.15) is 26.0 Å². The van der Waals surface area contributed by atoms with Gasteiger partial charge in [0.15, 0.2) is 10.8 Å². The van der Waals surface area contributed by atoms with Crippen LogP contribution in [0.4, 0.5) is 29.1 Å². The summed E-state index contributed by atoms with van der Waals surface area (Å²) in [6.45, 7) is 4.88. The van der Waals surface area contributed by atoms with Gasteiger partial charge in [-0.25, -0.2) is 14.2 Å². The number of anilines is 2. The van der Waals surface area contributed by atoms with Crippen LogP contribution in [-0.4, -0.2) is 53.0 Å². The van der Waals surface area contributed by atoms with Crippen LogP contribution in [0.3, 0.4) is 0 Å². The lowest BCUT2D eigenvalue weighted by atomic mass is 10.0. The quantitative estimate of drug-likeness (QED) is 0.349. The molecule has 0 aliphatic carbocycles. The fourth-order valence-corrected chi connectivity index (χ4v) is 4.78. The zero-order valence-corrected chi connectivity index (χ0v) is 21.1. The summed E-state index contributed by atoms with van der Waals surface area (Å²) in [7, 11) is -3.82. The number of aliphatic carboxylic acids is 1. The molecule has 0 unspecified atom stereocenters. The number of likely N-dealkylation sites (tertiary alicyclic amines) is 1. The topological polar surface area (TPSA) is 125 Å². The first-order chi connectivity index (χ1) is 17.4. The second-order valence-electron chi connectivity index (χ2n) is 7.99. The molecule has 1 fully saturated rings. The van der Waals surface area contributed by atoms with Crippen LogP contribution in [0.1, 0.15) is 23.1 Å². The molecule has 2 aromatic heterocycles. The molecule has 9 nitrogen and oxygen atoms in total. The van der Waals surface area contributed by atoms with Gasteiger partial charge in [0.1, 0.15) is 5.82 Å². The Hall–Kier alpha value is -3.30. The van der Waals surface area contributed by atoms with Crippen molar-refractivity contribution in [2.75, 3.05) is 23.1 Å². The molecule has 1 aliphatic rings. The normalized spacial score (nSPS) is 13.8. The highest BCUT2D eigenvalue weighted by Crippen LogP contribution is 2.23. The number of hydrogen-bond acceptors (Lipinski definition) is 8. The van der Waals surface area contributed by atoms with Crippen LogP contribution in [0.2, 0.25) is 0 Å². The van der Waals surface area contributed by atoms with E-state index in [1.165, 1.54) is 24.8 Å². The van der Waals surface area contributed by atoms with Gasteiger partial charge < -0.3 is 10.4 Å². The first-order valence-corrected chi connectivity index (χ1v) is 13.1. The second kappa shape index (κ2) is 11.8. The van der Waals surface area contributed by atoms with Crippen LogP contribution in [0.5, 0.6) is 0 Å².